The van der Waals surface area contributed by atoms with Crippen LogP contribution in [0.4, 0.5) is 0 Å². The number of hydrogen-bond donors (Lipinski definition) is 1. The molecular weight excluding hydrogens is 224 g/mol. The van der Waals surface area contributed by atoms with Crippen LogP contribution >= 0.6 is 11.6 Å². The maximum absolute atomic E-state index is 6.23. The molecule has 3 nitrogen and oxygen atoms in total. The van der Waals surface area contributed by atoms with Gasteiger partial charge in [-0.25, -0.2) is 4.98 Å². The molecule has 88 valence electrons. The Labute approximate surface area is 101 Å². The minimum atomic E-state index is 0.189. The Balaban J connectivity index is 2.42. The van der Waals surface area contributed by atoms with Gasteiger partial charge in [0, 0.05) is 17.7 Å². The smallest absolute Gasteiger partial charge is 0.218 e. The summed E-state index contributed by atoms with van der Waals surface area (Å²) in [6.45, 7) is 5.09. The van der Waals surface area contributed by atoms with E-state index in [0.29, 0.717) is 24.3 Å². The van der Waals surface area contributed by atoms with Crippen LogP contribution in [0.1, 0.15) is 25.3 Å². The molecule has 2 atom stereocenters. The Morgan fingerprint density at radius 1 is 1.56 bits per heavy atom. The van der Waals surface area contributed by atoms with E-state index in [2.05, 4.69) is 18.8 Å². The quantitative estimate of drug-likeness (QED) is 0.883. The van der Waals surface area contributed by atoms with Crippen molar-refractivity contribution in [1.82, 2.24) is 4.98 Å². The zero-order valence-corrected chi connectivity index (χ0v) is 10.6. The number of methoxy groups -OCH3 is 1. The first-order valence-corrected chi connectivity index (χ1v) is 5.80. The normalized spacial score (nSPS) is 26.6. The molecule has 0 amide bonds. The summed E-state index contributed by atoms with van der Waals surface area (Å²) in [6.07, 6.45) is 1.66. The minimum Gasteiger partial charge on any atom is -0.481 e. The molecule has 2 N–H and O–H groups in total. The third-order valence-corrected chi connectivity index (χ3v) is 4.04. The van der Waals surface area contributed by atoms with Crippen molar-refractivity contribution in [3.05, 3.63) is 22.8 Å². The predicted octanol–water partition coefficient (Wildman–Crippen LogP) is 2.44. The highest BCUT2D eigenvalue weighted by Gasteiger charge is 2.59. The number of hydrogen-bond acceptors (Lipinski definition) is 3. The molecule has 0 spiro atoms. The van der Waals surface area contributed by atoms with Crippen LogP contribution in [0.5, 0.6) is 5.88 Å². The molecule has 0 saturated heterocycles. The molecule has 0 unspecified atom stereocenters. The molecule has 1 aromatic rings. The second-order valence-corrected chi connectivity index (χ2v) is 5.26. The molecule has 4 heteroatoms. The summed E-state index contributed by atoms with van der Waals surface area (Å²) in [5.41, 5.74) is 6.97. The highest BCUT2D eigenvalue weighted by atomic mass is 35.5. The zero-order valence-electron chi connectivity index (χ0n) is 9.83. The van der Waals surface area contributed by atoms with Gasteiger partial charge in [0.2, 0.25) is 5.88 Å². The summed E-state index contributed by atoms with van der Waals surface area (Å²) in [4.78, 5) is 4.21. The molecule has 1 aromatic heterocycles. The highest BCUT2D eigenvalue weighted by Crippen LogP contribution is 2.66. The predicted molar refractivity (Wildman–Crippen MR) is 64.9 cm³/mol. The Kier molecular flexibility index (Phi) is 2.84. The van der Waals surface area contributed by atoms with Crippen LogP contribution in [0, 0.1) is 11.3 Å². The van der Waals surface area contributed by atoms with Gasteiger partial charge in [-0.3, -0.25) is 0 Å². The maximum Gasteiger partial charge on any atom is 0.218 e. The van der Waals surface area contributed by atoms with E-state index in [-0.39, 0.29) is 5.41 Å². The molecular formula is C12H17ClN2O. The molecule has 0 aliphatic heterocycles. The number of aromatic nitrogens is 1. The van der Waals surface area contributed by atoms with Crippen molar-refractivity contribution in [1.29, 1.82) is 0 Å². The van der Waals surface area contributed by atoms with Crippen LogP contribution in [0.2, 0.25) is 5.02 Å². The molecule has 1 saturated carbocycles. The van der Waals surface area contributed by atoms with E-state index in [1.165, 1.54) is 0 Å². The molecule has 0 radical (unpaired) electrons. The van der Waals surface area contributed by atoms with Crippen molar-refractivity contribution in [2.75, 3.05) is 13.7 Å². The number of halogens is 1. The van der Waals surface area contributed by atoms with Gasteiger partial charge >= 0.3 is 0 Å². The Morgan fingerprint density at radius 2 is 2.25 bits per heavy atom. The molecule has 1 fully saturated rings. The van der Waals surface area contributed by atoms with Gasteiger partial charge < -0.3 is 10.5 Å². The second kappa shape index (κ2) is 3.90. The summed E-state index contributed by atoms with van der Waals surface area (Å²) in [5.74, 6) is 1.44. The zero-order chi connectivity index (χ0) is 11.9. The van der Waals surface area contributed by atoms with Crippen molar-refractivity contribution in [3.8, 4) is 5.88 Å². The summed E-state index contributed by atoms with van der Waals surface area (Å²) in [6, 6.07) is 1.81. The Morgan fingerprint density at radius 3 is 2.75 bits per heavy atom. The van der Waals surface area contributed by atoms with E-state index in [0.717, 1.165) is 10.6 Å². The molecule has 1 aliphatic carbocycles. The molecule has 1 heterocycles. The monoisotopic (exact) mass is 240 g/mol. The summed E-state index contributed by atoms with van der Waals surface area (Å²) < 4.78 is 5.28. The third kappa shape index (κ3) is 1.59. The van der Waals surface area contributed by atoms with Gasteiger partial charge in [0.25, 0.3) is 0 Å². The fourth-order valence-electron chi connectivity index (χ4n) is 2.63. The largest absolute Gasteiger partial charge is 0.481 e. The number of nitrogens with zero attached hydrogens (tertiary/aromatic N) is 1. The standard InChI is InChI=1S/C12H17ClN2O/c1-12(2)7(6-14)10(12)9-8(13)4-5-15-11(9)16-3/h4-5,7,10H,6,14H2,1-3H3/t7-,10+/m1/s1. The Hall–Kier alpha value is -0.800. The SMILES string of the molecule is COc1nccc(Cl)c1[C@@H]1[C@@H](CN)C1(C)C. The van der Waals surface area contributed by atoms with Crippen LogP contribution in [-0.4, -0.2) is 18.6 Å². The third-order valence-electron chi connectivity index (χ3n) is 3.71. The fraction of sp³-hybridized carbons (Fsp3) is 0.583. The van der Waals surface area contributed by atoms with Gasteiger partial charge in [-0.05, 0) is 23.9 Å². The lowest BCUT2D eigenvalue weighted by Gasteiger charge is -2.10. The average Bonchev–Trinajstić information content (AvgIpc) is 2.79. The molecule has 2 rings (SSSR count). The maximum atomic E-state index is 6.23. The van der Waals surface area contributed by atoms with Crippen molar-refractivity contribution in [3.63, 3.8) is 0 Å². The van der Waals surface area contributed by atoms with E-state index < -0.39 is 0 Å². The molecule has 0 aromatic carbocycles. The Bertz CT molecular complexity index is 406. The van der Waals surface area contributed by atoms with Crippen LogP contribution in [0.25, 0.3) is 0 Å². The lowest BCUT2D eigenvalue weighted by Crippen LogP contribution is -2.05. The van der Waals surface area contributed by atoms with E-state index >= 15 is 0 Å². The first-order valence-electron chi connectivity index (χ1n) is 5.42. The van der Waals surface area contributed by atoms with Crippen molar-refractivity contribution in [2.24, 2.45) is 17.1 Å². The summed E-state index contributed by atoms with van der Waals surface area (Å²) in [5, 5.41) is 0.723. The number of pyridine rings is 1. The van der Waals surface area contributed by atoms with E-state index in [4.69, 9.17) is 22.1 Å². The van der Waals surface area contributed by atoms with Gasteiger partial charge in [-0.15, -0.1) is 0 Å². The van der Waals surface area contributed by atoms with Gasteiger partial charge in [-0.2, -0.15) is 0 Å². The van der Waals surface area contributed by atoms with Gasteiger partial charge in [-0.1, -0.05) is 25.4 Å². The van der Waals surface area contributed by atoms with E-state index in [9.17, 15) is 0 Å². The number of ether oxygens (including phenoxy) is 1. The second-order valence-electron chi connectivity index (χ2n) is 4.86. The lowest BCUT2D eigenvalue weighted by molar-refractivity contribution is 0.390. The molecule has 16 heavy (non-hydrogen) atoms. The first-order chi connectivity index (χ1) is 7.54. The summed E-state index contributed by atoms with van der Waals surface area (Å²) in [7, 11) is 1.62. The lowest BCUT2D eigenvalue weighted by atomic mass is 10.0. The van der Waals surface area contributed by atoms with Crippen molar-refractivity contribution < 1.29 is 4.74 Å². The van der Waals surface area contributed by atoms with Crippen molar-refractivity contribution in [2.45, 2.75) is 19.8 Å². The van der Waals surface area contributed by atoms with E-state index in [1.807, 2.05) is 0 Å². The van der Waals surface area contributed by atoms with Crippen LogP contribution in [0.15, 0.2) is 12.3 Å². The van der Waals surface area contributed by atoms with Gasteiger partial charge in [0.15, 0.2) is 0 Å². The topological polar surface area (TPSA) is 48.1 Å². The molecule has 0 bridgehead atoms. The number of nitrogens with two attached hydrogens (primary N) is 1. The van der Waals surface area contributed by atoms with Crippen molar-refractivity contribution >= 4 is 11.6 Å². The van der Waals surface area contributed by atoms with Crippen LogP contribution in [0.3, 0.4) is 0 Å². The van der Waals surface area contributed by atoms with Gasteiger partial charge in [0.05, 0.1) is 12.1 Å². The average molecular weight is 241 g/mol. The first kappa shape index (κ1) is 11.7. The van der Waals surface area contributed by atoms with Crippen LogP contribution < -0.4 is 10.5 Å². The van der Waals surface area contributed by atoms with E-state index in [1.54, 1.807) is 19.4 Å². The summed E-state index contributed by atoms with van der Waals surface area (Å²) >= 11 is 6.23. The minimum absolute atomic E-state index is 0.189. The fourth-order valence-corrected chi connectivity index (χ4v) is 2.89. The molecule has 1 aliphatic rings. The van der Waals surface area contributed by atoms with Crippen LogP contribution in [-0.2, 0) is 0 Å². The highest BCUT2D eigenvalue weighted by molar-refractivity contribution is 6.31. The van der Waals surface area contributed by atoms with Gasteiger partial charge in [0.1, 0.15) is 0 Å². The number of rotatable bonds is 3.